The van der Waals surface area contributed by atoms with Crippen molar-refractivity contribution in [2.75, 3.05) is 0 Å². The normalized spacial score (nSPS) is 11.3. The first-order valence-corrected chi connectivity index (χ1v) is 12.9. The minimum absolute atomic E-state index is 0. The number of hydrogen-bond donors (Lipinski definition) is 0. The van der Waals surface area contributed by atoms with Gasteiger partial charge >= 0.3 is 0 Å². The average Bonchev–Trinajstić information content (AvgIpc) is 3.02. The van der Waals surface area contributed by atoms with E-state index in [1.54, 1.807) is 6.20 Å². The van der Waals surface area contributed by atoms with Gasteiger partial charge in [-0.15, -0.1) is 71.8 Å². The number of benzene rings is 4. The summed E-state index contributed by atoms with van der Waals surface area (Å²) in [7, 11) is 0. The third-order valence-corrected chi connectivity index (χ3v) is 6.43. The number of pyridine rings is 2. The van der Waals surface area contributed by atoms with Crippen LogP contribution in [0.5, 0.6) is 0 Å². The molecule has 208 valence electrons. The first kappa shape index (κ1) is 27.6. The molecule has 2 nitrogen and oxygen atoms in total. The Labute approximate surface area is 274 Å². The summed E-state index contributed by atoms with van der Waals surface area (Å²) in [5.74, 6) is 0. The van der Waals surface area contributed by atoms with Crippen molar-refractivity contribution in [2.24, 2.45) is 0 Å². The molecular formula is C37H30Ir2N2-2. The Balaban J connectivity index is 0.000000234. The van der Waals surface area contributed by atoms with E-state index in [1.807, 2.05) is 109 Å². The van der Waals surface area contributed by atoms with Crippen molar-refractivity contribution < 1.29 is 44.3 Å². The molecule has 2 heterocycles. The predicted octanol–water partition coefficient (Wildman–Crippen LogP) is 9.30. The molecule has 6 aromatic rings. The van der Waals surface area contributed by atoms with E-state index in [1.165, 1.54) is 16.7 Å². The van der Waals surface area contributed by atoms with Crippen LogP contribution < -0.4 is 0 Å². The Morgan fingerprint density at radius 2 is 1.10 bits per heavy atom. The third kappa shape index (κ3) is 8.26. The van der Waals surface area contributed by atoms with Crippen molar-refractivity contribution in [3.8, 4) is 44.8 Å². The molecule has 41 heavy (non-hydrogen) atoms. The smallest absolute Gasteiger partial charge is 0.0242 e. The van der Waals surface area contributed by atoms with Crippen LogP contribution in [0.1, 0.15) is 22.1 Å². The first-order valence-electron chi connectivity index (χ1n) is 14.4. The number of rotatable bonds is 5. The van der Waals surface area contributed by atoms with Crippen LogP contribution in [0.3, 0.4) is 0 Å². The van der Waals surface area contributed by atoms with Gasteiger partial charge in [0.25, 0.3) is 0 Å². The van der Waals surface area contributed by atoms with Crippen molar-refractivity contribution in [3.05, 3.63) is 157 Å². The fourth-order valence-corrected chi connectivity index (χ4v) is 4.40. The van der Waals surface area contributed by atoms with E-state index in [0.717, 1.165) is 39.2 Å². The predicted molar refractivity (Wildman–Crippen MR) is 162 cm³/mol. The maximum atomic E-state index is 7.61. The zero-order valence-electron chi connectivity index (χ0n) is 25.5. The van der Waals surface area contributed by atoms with Crippen LogP contribution in [0.4, 0.5) is 0 Å². The van der Waals surface area contributed by atoms with Gasteiger partial charge in [-0.1, -0.05) is 79.6 Å². The molecule has 0 unspecified atom stereocenters. The van der Waals surface area contributed by atoms with Crippen molar-refractivity contribution in [3.63, 3.8) is 0 Å². The topological polar surface area (TPSA) is 25.8 Å². The largest absolute Gasteiger partial charge is 0.304 e. The van der Waals surface area contributed by atoms with Crippen LogP contribution >= 0.6 is 0 Å². The summed E-state index contributed by atoms with van der Waals surface area (Å²) in [6.45, 7) is 0.0962. The fraction of sp³-hybridized carbons (Fsp3) is 0.0811. The number of aryl methyl sites for hydroxylation is 2. The van der Waals surface area contributed by atoms with Gasteiger partial charge in [0.1, 0.15) is 0 Å². The second-order valence-corrected chi connectivity index (χ2v) is 9.07. The molecule has 0 aliphatic heterocycles. The Kier molecular flexibility index (Phi) is 10.8. The van der Waals surface area contributed by atoms with E-state index in [-0.39, 0.29) is 46.6 Å². The molecule has 6 rings (SSSR count). The molecule has 2 aromatic heterocycles. The number of nitrogens with zero attached hydrogens (tertiary/aromatic N) is 2. The SMILES string of the molecule is Cc1cc(-c2[c-]cccc2)ncc1-c1ccccc1.[2H]C([2H])([2H])Cc1cc(-c2[c-]cccc2)ncc1-c1ccccc1.[Ir].[Ir]. The molecule has 0 aliphatic rings. The van der Waals surface area contributed by atoms with Gasteiger partial charge in [0.15, 0.2) is 0 Å². The number of aromatic nitrogens is 2. The van der Waals surface area contributed by atoms with E-state index >= 15 is 0 Å². The summed E-state index contributed by atoms with van der Waals surface area (Å²) in [5, 5.41) is 0. The van der Waals surface area contributed by atoms with Crippen molar-refractivity contribution in [1.29, 1.82) is 0 Å². The summed E-state index contributed by atoms with van der Waals surface area (Å²) < 4.78 is 22.8. The van der Waals surface area contributed by atoms with Gasteiger partial charge in [0.2, 0.25) is 0 Å². The molecule has 0 fully saturated rings. The second kappa shape index (κ2) is 16.1. The van der Waals surface area contributed by atoms with Gasteiger partial charge in [-0.3, -0.25) is 0 Å². The van der Waals surface area contributed by atoms with E-state index in [0.29, 0.717) is 0 Å². The van der Waals surface area contributed by atoms with Crippen LogP contribution in [0.2, 0.25) is 0 Å². The molecule has 0 N–H and O–H groups in total. The standard InChI is InChI=1S/C19H16N.C18H14N.2Ir/c1-2-15-13-19(17-11-7-4-8-12-17)20-14-18(15)16-9-5-3-6-10-16;1-14-12-18(16-10-6-3-7-11-16)19-13-17(14)15-8-4-2-5-9-15;;/h3-11,13-14H,2H2,1H3;2-10,12-13H,1H3;;/q2*-1;;/i1D3;;;. The van der Waals surface area contributed by atoms with E-state index in [2.05, 4.69) is 47.2 Å². The molecule has 4 aromatic carbocycles. The Bertz CT molecular complexity index is 1730. The van der Waals surface area contributed by atoms with E-state index in [9.17, 15) is 0 Å². The summed E-state index contributed by atoms with van der Waals surface area (Å²) in [4.78, 5) is 9.06. The van der Waals surface area contributed by atoms with Crippen LogP contribution in [0.25, 0.3) is 44.8 Å². The van der Waals surface area contributed by atoms with Gasteiger partial charge < -0.3 is 9.97 Å². The fourth-order valence-electron chi connectivity index (χ4n) is 4.40. The average molecular weight is 890 g/mol. The quantitative estimate of drug-likeness (QED) is 0.162. The Morgan fingerprint density at radius 3 is 1.59 bits per heavy atom. The number of hydrogen-bond acceptors (Lipinski definition) is 2. The summed E-state index contributed by atoms with van der Waals surface area (Å²) in [6, 6.07) is 45.9. The Morgan fingerprint density at radius 1 is 0.610 bits per heavy atom. The Hall–Kier alpha value is -3.52. The van der Waals surface area contributed by atoms with E-state index < -0.39 is 6.85 Å². The summed E-state index contributed by atoms with van der Waals surface area (Å²) >= 11 is 0. The van der Waals surface area contributed by atoms with Gasteiger partial charge in [0.05, 0.1) is 0 Å². The van der Waals surface area contributed by atoms with Crippen LogP contribution in [0, 0.1) is 19.1 Å². The minimum atomic E-state index is -2.03. The molecule has 0 bridgehead atoms. The maximum absolute atomic E-state index is 7.61. The molecule has 0 saturated heterocycles. The van der Waals surface area contributed by atoms with Gasteiger partial charge in [-0.05, 0) is 47.0 Å². The molecular weight excluding hydrogens is 857 g/mol. The molecule has 0 spiro atoms. The minimum Gasteiger partial charge on any atom is -0.304 e. The molecule has 4 heteroatoms. The first-order chi connectivity index (χ1) is 20.4. The second-order valence-electron chi connectivity index (χ2n) is 9.07. The van der Waals surface area contributed by atoms with Gasteiger partial charge in [0, 0.05) is 67.8 Å². The zero-order chi connectivity index (χ0) is 29.4. The molecule has 0 aliphatic carbocycles. The van der Waals surface area contributed by atoms with Crippen LogP contribution in [-0.2, 0) is 46.6 Å². The zero-order valence-corrected chi connectivity index (χ0v) is 27.3. The maximum Gasteiger partial charge on any atom is 0.0242 e. The van der Waals surface area contributed by atoms with Gasteiger partial charge in [-0.25, -0.2) is 0 Å². The molecule has 0 saturated carbocycles. The van der Waals surface area contributed by atoms with E-state index in [4.69, 9.17) is 4.11 Å². The summed E-state index contributed by atoms with van der Waals surface area (Å²) in [6.07, 6.45) is 3.72. The molecule has 0 amide bonds. The third-order valence-electron chi connectivity index (χ3n) is 6.43. The van der Waals surface area contributed by atoms with Gasteiger partial charge in [-0.2, -0.15) is 0 Å². The van der Waals surface area contributed by atoms with Crippen LogP contribution in [-0.4, -0.2) is 9.97 Å². The van der Waals surface area contributed by atoms with Crippen molar-refractivity contribution >= 4 is 0 Å². The van der Waals surface area contributed by atoms with Crippen molar-refractivity contribution in [1.82, 2.24) is 9.97 Å². The van der Waals surface area contributed by atoms with Crippen molar-refractivity contribution in [2.45, 2.75) is 20.2 Å². The van der Waals surface area contributed by atoms with Crippen LogP contribution in [0.15, 0.2) is 134 Å². The molecule has 2 radical (unpaired) electrons. The summed E-state index contributed by atoms with van der Waals surface area (Å²) in [5.41, 5.74) is 9.83. The monoisotopic (exact) mass is 891 g/mol. The molecule has 0 atom stereocenters.